The molecule has 0 spiro atoms. The standard InChI is InChI=1S/C23H35NO5S/c1-16-7-6-8-18(13-16)30-15-17(25)11-12-19-20(22(26)14-21(19)24-29)9-4-2-3-5-10-23(27)28/h6-8,13,17,19-20,22,25-26,29H,2-5,9-12,14-15H2,1H3,(H,27,28)/b24-21-. The van der Waals surface area contributed by atoms with Gasteiger partial charge in [0, 0.05) is 29.4 Å². The second kappa shape index (κ2) is 13.0. The molecule has 30 heavy (non-hydrogen) atoms. The topological polar surface area (TPSA) is 110 Å². The molecule has 0 bridgehead atoms. The van der Waals surface area contributed by atoms with Crippen LogP contribution in [0.5, 0.6) is 0 Å². The number of aliphatic hydroxyl groups is 2. The molecule has 0 aliphatic heterocycles. The third-order valence-corrected chi connectivity index (χ3v) is 7.05. The minimum Gasteiger partial charge on any atom is -0.481 e. The Morgan fingerprint density at radius 1 is 1.23 bits per heavy atom. The summed E-state index contributed by atoms with van der Waals surface area (Å²) in [6.45, 7) is 2.05. The van der Waals surface area contributed by atoms with Gasteiger partial charge in [0.15, 0.2) is 0 Å². The number of benzene rings is 1. The van der Waals surface area contributed by atoms with Gasteiger partial charge >= 0.3 is 5.97 Å². The van der Waals surface area contributed by atoms with Crippen molar-refractivity contribution in [1.29, 1.82) is 0 Å². The second-order valence-electron chi connectivity index (χ2n) is 8.34. The van der Waals surface area contributed by atoms with E-state index in [-0.39, 0.29) is 18.3 Å². The number of carboxylic acid groups (broad SMARTS) is 1. The highest BCUT2D eigenvalue weighted by Gasteiger charge is 2.39. The molecule has 4 N–H and O–H groups in total. The fraction of sp³-hybridized carbons (Fsp3) is 0.652. The molecule has 4 unspecified atom stereocenters. The summed E-state index contributed by atoms with van der Waals surface area (Å²) in [5.74, 6) is -0.127. The number of hydrogen-bond donors (Lipinski definition) is 4. The van der Waals surface area contributed by atoms with Crippen LogP contribution in [-0.4, -0.2) is 50.2 Å². The lowest BCUT2D eigenvalue weighted by molar-refractivity contribution is -0.137. The quantitative estimate of drug-likeness (QED) is 0.157. The van der Waals surface area contributed by atoms with Gasteiger partial charge in [0.1, 0.15) is 0 Å². The zero-order valence-corrected chi connectivity index (χ0v) is 18.6. The first kappa shape index (κ1) is 24.7. The van der Waals surface area contributed by atoms with Crippen LogP contribution in [0.15, 0.2) is 34.3 Å². The normalized spacial score (nSPS) is 23.7. The first-order valence-electron chi connectivity index (χ1n) is 10.9. The van der Waals surface area contributed by atoms with Gasteiger partial charge in [-0.3, -0.25) is 4.79 Å². The molecular formula is C23H35NO5S. The van der Waals surface area contributed by atoms with E-state index in [0.717, 1.165) is 30.6 Å². The maximum absolute atomic E-state index is 10.6. The predicted octanol–water partition coefficient (Wildman–Crippen LogP) is 4.48. The van der Waals surface area contributed by atoms with E-state index >= 15 is 0 Å². The molecule has 0 heterocycles. The van der Waals surface area contributed by atoms with E-state index in [1.165, 1.54) is 5.56 Å². The van der Waals surface area contributed by atoms with Gasteiger partial charge in [0.25, 0.3) is 0 Å². The van der Waals surface area contributed by atoms with Crippen molar-refractivity contribution in [3.63, 3.8) is 0 Å². The highest BCUT2D eigenvalue weighted by atomic mass is 32.2. The van der Waals surface area contributed by atoms with Crippen LogP contribution in [0.25, 0.3) is 0 Å². The number of carboxylic acids is 1. The van der Waals surface area contributed by atoms with Gasteiger partial charge in [-0.1, -0.05) is 42.1 Å². The highest BCUT2D eigenvalue weighted by molar-refractivity contribution is 7.99. The molecule has 0 amide bonds. The Balaban J connectivity index is 1.77. The Morgan fingerprint density at radius 3 is 2.70 bits per heavy atom. The summed E-state index contributed by atoms with van der Waals surface area (Å²) < 4.78 is 0. The highest BCUT2D eigenvalue weighted by Crippen LogP contribution is 2.37. The second-order valence-corrected chi connectivity index (χ2v) is 9.43. The summed E-state index contributed by atoms with van der Waals surface area (Å²) >= 11 is 1.64. The summed E-state index contributed by atoms with van der Waals surface area (Å²) in [5, 5.41) is 42.4. The van der Waals surface area contributed by atoms with Crippen molar-refractivity contribution in [2.24, 2.45) is 17.0 Å². The van der Waals surface area contributed by atoms with Crippen molar-refractivity contribution in [3.05, 3.63) is 29.8 Å². The van der Waals surface area contributed by atoms with Crippen LogP contribution >= 0.6 is 11.8 Å². The van der Waals surface area contributed by atoms with Gasteiger partial charge < -0.3 is 20.5 Å². The van der Waals surface area contributed by atoms with Gasteiger partial charge in [0.05, 0.1) is 17.9 Å². The Bertz CT molecular complexity index is 696. The maximum atomic E-state index is 10.6. The van der Waals surface area contributed by atoms with E-state index in [1.807, 2.05) is 25.1 Å². The zero-order chi connectivity index (χ0) is 21.9. The Labute approximate surface area is 183 Å². The molecule has 168 valence electrons. The minimum atomic E-state index is -0.760. The number of oxime groups is 1. The number of unbranched alkanes of at least 4 members (excludes halogenated alkanes) is 3. The van der Waals surface area contributed by atoms with Gasteiger partial charge in [-0.15, -0.1) is 11.8 Å². The monoisotopic (exact) mass is 437 g/mol. The first-order chi connectivity index (χ1) is 14.4. The average Bonchev–Trinajstić information content (AvgIpc) is 3.02. The zero-order valence-electron chi connectivity index (χ0n) is 17.7. The van der Waals surface area contributed by atoms with Crippen molar-refractivity contribution >= 4 is 23.4 Å². The van der Waals surface area contributed by atoms with Gasteiger partial charge in [-0.2, -0.15) is 0 Å². The lowest BCUT2D eigenvalue weighted by atomic mass is 9.85. The van der Waals surface area contributed by atoms with E-state index in [9.17, 15) is 20.2 Å². The molecule has 7 heteroatoms. The molecule has 1 aromatic rings. The molecule has 1 fully saturated rings. The SMILES string of the molecule is Cc1cccc(SCC(O)CCC2/C(=N\O)CC(O)C2CCCCCCC(=O)O)c1. The number of aliphatic hydroxyl groups excluding tert-OH is 2. The molecule has 6 nitrogen and oxygen atoms in total. The predicted molar refractivity (Wildman–Crippen MR) is 119 cm³/mol. The van der Waals surface area contributed by atoms with Crippen LogP contribution in [0, 0.1) is 18.8 Å². The molecule has 1 aromatic carbocycles. The summed E-state index contributed by atoms with van der Waals surface area (Å²) in [5.41, 5.74) is 1.83. The minimum absolute atomic E-state index is 0.0114. The van der Waals surface area contributed by atoms with E-state index in [4.69, 9.17) is 5.11 Å². The van der Waals surface area contributed by atoms with Crippen LogP contribution in [0.3, 0.4) is 0 Å². The molecule has 0 saturated heterocycles. The van der Waals surface area contributed by atoms with Crippen molar-refractivity contribution in [3.8, 4) is 0 Å². The number of thioether (sulfide) groups is 1. The summed E-state index contributed by atoms with van der Waals surface area (Å²) in [6, 6.07) is 8.21. The van der Waals surface area contributed by atoms with E-state index in [1.54, 1.807) is 11.8 Å². The molecule has 2 rings (SSSR count). The molecule has 1 aliphatic carbocycles. The summed E-state index contributed by atoms with van der Waals surface area (Å²) in [7, 11) is 0. The number of nitrogens with zero attached hydrogens (tertiary/aromatic N) is 1. The third kappa shape index (κ3) is 8.28. The third-order valence-electron chi connectivity index (χ3n) is 5.91. The van der Waals surface area contributed by atoms with Crippen molar-refractivity contribution in [2.75, 3.05) is 5.75 Å². The van der Waals surface area contributed by atoms with Crippen LogP contribution < -0.4 is 0 Å². The molecule has 1 saturated carbocycles. The smallest absolute Gasteiger partial charge is 0.303 e. The number of carbonyl (C=O) groups is 1. The maximum Gasteiger partial charge on any atom is 0.303 e. The molecule has 0 aromatic heterocycles. The van der Waals surface area contributed by atoms with Crippen LogP contribution in [0.2, 0.25) is 0 Å². The summed E-state index contributed by atoms with van der Waals surface area (Å²) in [6.07, 6.45) is 5.14. The number of aryl methyl sites for hydroxylation is 1. The van der Waals surface area contributed by atoms with Crippen molar-refractivity contribution in [1.82, 2.24) is 0 Å². The molecular weight excluding hydrogens is 402 g/mol. The lowest BCUT2D eigenvalue weighted by Crippen LogP contribution is -2.23. The van der Waals surface area contributed by atoms with Crippen molar-refractivity contribution < 1.29 is 25.3 Å². The van der Waals surface area contributed by atoms with Gasteiger partial charge in [-0.05, 0) is 50.7 Å². The Kier molecular flexibility index (Phi) is 10.7. The Hall–Kier alpha value is -1.57. The van der Waals surface area contributed by atoms with Crippen LogP contribution in [0.4, 0.5) is 0 Å². The lowest BCUT2D eigenvalue weighted by Gasteiger charge is -2.23. The van der Waals surface area contributed by atoms with Gasteiger partial charge in [-0.25, -0.2) is 0 Å². The van der Waals surface area contributed by atoms with Crippen LogP contribution in [-0.2, 0) is 4.79 Å². The fourth-order valence-corrected chi connectivity index (χ4v) is 5.28. The number of rotatable bonds is 13. The average molecular weight is 438 g/mol. The molecule has 0 radical (unpaired) electrons. The van der Waals surface area contributed by atoms with Gasteiger partial charge in [0.2, 0.25) is 0 Å². The largest absolute Gasteiger partial charge is 0.481 e. The van der Waals surface area contributed by atoms with E-state index in [0.29, 0.717) is 37.1 Å². The molecule has 4 atom stereocenters. The Morgan fingerprint density at radius 2 is 2.00 bits per heavy atom. The van der Waals surface area contributed by atoms with E-state index < -0.39 is 18.2 Å². The van der Waals surface area contributed by atoms with Crippen LogP contribution in [0.1, 0.15) is 63.4 Å². The summed E-state index contributed by atoms with van der Waals surface area (Å²) in [4.78, 5) is 11.7. The van der Waals surface area contributed by atoms with E-state index in [2.05, 4.69) is 11.2 Å². The molecule has 1 aliphatic rings. The number of hydrogen-bond acceptors (Lipinski definition) is 6. The first-order valence-corrected chi connectivity index (χ1v) is 11.9. The number of aliphatic carboxylic acids is 1. The fourth-order valence-electron chi connectivity index (χ4n) is 4.28. The van der Waals surface area contributed by atoms with Crippen molar-refractivity contribution in [2.45, 2.75) is 81.8 Å².